The third-order valence-electron chi connectivity index (χ3n) is 3.02. The van der Waals surface area contributed by atoms with E-state index in [0.717, 1.165) is 0 Å². The van der Waals surface area contributed by atoms with Crippen molar-refractivity contribution in [2.45, 2.75) is 23.8 Å². The van der Waals surface area contributed by atoms with E-state index in [0.29, 0.717) is 19.4 Å². The summed E-state index contributed by atoms with van der Waals surface area (Å²) in [6, 6.07) is -0.310. The molecular weight excluding hydrogens is 284 g/mol. The predicted molar refractivity (Wildman–Crippen MR) is 70.8 cm³/mol. The highest BCUT2D eigenvalue weighted by molar-refractivity contribution is 7.89. The number of anilines is 1. The Morgan fingerprint density at radius 2 is 2.05 bits per heavy atom. The largest absolute Gasteiger partial charge is 0.344 e. The van der Waals surface area contributed by atoms with Crippen LogP contribution >= 0.6 is 0 Å². The van der Waals surface area contributed by atoms with Crippen LogP contribution in [0.5, 0.6) is 0 Å². The van der Waals surface area contributed by atoms with Crippen LogP contribution in [0.25, 0.3) is 0 Å². The summed E-state index contributed by atoms with van der Waals surface area (Å²) >= 11 is 0. The van der Waals surface area contributed by atoms with Crippen LogP contribution in [-0.4, -0.2) is 48.8 Å². The van der Waals surface area contributed by atoms with Gasteiger partial charge in [0.2, 0.25) is 21.9 Å². The van der Waals surface area contributed by atoms with Crippen molar-refractivity contribution in [3.8, 4) is 0 Å². The highest BCUT2D eigenvalue weighted by atomic mass is 32.2. The zero-order valence-electron chi connectivity index (χ0n) is 10.9. The van der Waals surface area contributed by atoms with E-state index < -0.39 is 10.0 Å². The number of nitrogens with zero attached hydrogens (tertiary/aromatic N) is 3. The number of likely N-dealkylation sites (tertiary alicyclic amines) is 1. The van der Waals surface area contributed by atoms with Gasteiger partial charge < -0.3 is 4.90 Å². The second kappa shape index (κ2) is 5.69. The van der Waals surface area contributed by atoms with Crippen molar-refractivity contribution in [1.82, 2.24) is 19.6 Å². The molecule has 1 fully saturated rings. The minimum absolute atomic E-state index is 0.0159. The highest BCUT2D eigenvalue weighted by Gasteiger charge is 2.27. The highest BCUT2D eigenvalue weighted by Crippen LogP contribution is 2.14. The Bertz CT molecular complexity index is 588. The van der Waals surface area contributed by atoms with Crippen molar-refractivity contribution in [2.24, 2.45) is 5.84 Å². The van der Waals surface area contributed by atoms with Crippen LogP contribution in [0.1, 0.15) is 12.8 Å². The molecule has 2 heterocycles. The molecule has 1 aromatic rings. The van der Waals surface area contributed by atoms with Crippen LogP contribution in [0.4, 0.5) is 5.95 Å². The van der Waals surface area contributed by atoms with Crippen LogP contribution in [0.3, 0.4) is 0 Å². The van der Waals surface area contributed by atoms with Gasteiger partial charge in [-0.25, -0.2) is 29.0 Å². The molecule has 1 aromatic heterocycles. The van der Waals surface area contributed by atoms with Crippen molar-refractivity contribution in [3.63, 3.8) is 0 Å². The summed E-state index contributed by atoms with van der Waals surface area (Å²) in [6.07, 6.45) is 3.15. The fourth-order valence-electron chi connectivity index (χ4n) is 1.93. The summed E-state index contributed by atoms with van der Waals surface area (Å²) in [6.45, 7) is 0.349. The molecule has 0 bridgehead atoms. The van der Waals surface area contributed by atoms with E-state index in [2.05, 4.69) is 20.1 Å². The number of nitrogen functional groups attached to an aromatic ring is 1. The van der Waals surface area contributed by atoms with Gasteiger partial charge in [-0.1, -0.05) is 0 Å². The van der Waals surface area contributed by atoms with E-state index in [9.17, 15) is 13.2 Å². The first-order valence-electron chi connectivity index (χ1n) is 5.97. The lowest BCUT2D eigenvalue weighted by Crippen LogP contribution is -2.48. The monoisotopic (exact) mass is 300 g/mol. The molecule has 110 valence electrons. The van der Waals surface area contributed by atoms with Crippen molar-refractivity contribution in [1.29, 1.82) is 0 Å². The summed E-state index contributed by atoms with van der Waals surface area (Å²) < 4.78 is 26.8. The van der Waals surface area contributed by atoms with Gasteiger partial charge in [0.05, 0.1) is 12.4 Å². The van der Waals surface area contributed by atoms with Crippen molar-refractivity contribution < 1.29 is 13.2 Å². The first-order chi connectivity index (χ1) is 9.42. The lowest BCUT2D eigenvalue weighted by atomic mass is 10.1. The van der Waals surface area contributed by atoms with Crippen molar-refractivity contribution in [2.75, 3.05) is 19.0 Å². The fourth-order valence-corrected chi connectivity index (χ4v) is 3.08. The summed E-state index contributed by atoms with van der Waals surface area (Å²) in [4.78, 5) is 20.3. The number of aromatic nitrogens is 2. The molecular formula is C10H16N6O3S. The Labute approximate surface area is 116 Å². The second-order valence-corrected chi connectivity index (χ2v) is 6.23. The summed E-state index contributed by atoms with van der Waals surface area (Å²) in [7, 11) is -2.06. The molecule has 1 aliphatic heterocycles. The maximum atomic E-state index is 12.1. The summed E-state index contributed by atoms with van der Waals surface area (Å²) in [5, 5.41) is 0. The third kappa shape index (κ3) is 3.21. The molecule has 1 saturated heterocycles. The number of nitrogens with one attached hydrogen (secondary N) is 2. The van der Waals surface area contributed by atoms with Gasteiger partial charge in [-0.2, -0.15) is 0 Å². The van der Waals surface area contributed by atoms with Crippen molar-refractivity contribution >= 4 is 21.9 Å². The van der Waals surface area contributed by atoms with Gasteiger partial charge in [-0.15, -0.1) is 0 Å². The number of hydrogen-bond acceptors (Lipinski definition) is 7. The molecule has 4 N–H and O–H groups in total. The Balaban J connectivity index is 2.08. The molecule has 9 nitrogen and oxygen atoms in total. The zero-order valence-corrected chi connectivity index (χ0v) is 11.7. The number of hydrazine groups is 1. The lowest BCUT2D eigenvalue weighted by Gasteiger charge is -2.29. The average molecular weight is 300 g/mol. The molecule has 1 unspecified atom stereocenters. The smallest absolute Gasteiger partial charge is 0.243 e. The number of piperidine rings is 1. The first-order valence-corrected chi connectivity index (χ1v) is 7.45. The van der Waals surface area contributed by atoms with E-state index in [4.69, 9.17) is 5.84 Å². The van der Waals surface area contributed by atoms with E-state index in [1.807, 2.05) is 0 Å². The van der Waals surface area contributed by atoms with Crippen LogP contribution in [0, 0.1) is 0 Å². The SMILES string of the molecule is CN1CC(NS(=O)(=O)c2cnc(NN)nc2)CCC1=O. The van der Waals surface area contributed by atoms with E-state index >= 15 is 0 Å². The molecule has 1 aliphatic rings. The molecule has 2 rings (SSSR count). The molecule has 1 atom stereocenters. The van der Waals surface area contributed by atoms with E-state index in [-0.39, 0.29) is 22.8 Å². The minimum atomic E-state index is -3.71. The topological polar surface area (TPSA) is 130 Å². The van der Waals surface area contributed by atoms with Gasteiger partial charge in [0.25, 0.3) is 0 Å². The quantitative estimate of drug-likeness (QED) is 0.463. The molecule has 0 radical (unpaired) electrons. The fraction of sp³-hybridized carbons (Fsp3) is 0.500. The standard InChI is InChI=1S/C10H16N6O3S/c1-16-6-7(2-3-9(16)17)15-20(18,19)8-4-12-10(14-11)13-5-8/h4-5,7,15H,2-3,6,11H2,1H3,(H,12,13,14). The molecule has 0 spiro atoms. The molecule has 0 saturated carbocycles. The van der Waals surface area contributed by atoms with Crippen LogP contribution in [-0.2, 0) is 14.8 Å². The van der Waals surface area contributed by atoms with Gasteiger partial charge >= 0.3 is 0 Å². The number of amides is 1. The van der Waals surface area contributed by atoms with Crippen LogP contribution < -0.4 is 16.0 Å². The molecule has 0 aliphatic carbocycles. The number of likely N-dealkylation sites (N-methyl/N-ethyl adjacent to an activating group) is 1. The van der Waals surface area contributed by atoms with Crippen molar-refractivity contribution in [3.05, 3.63) is 12.4 Å². The number of carbonyl (C=O) groups excluding carboxylic acids is 1. The van der Waals surface area contributed by atoms with Gasteiger partial charge in [-0.3, -0.25) is 10.2 Å². The van der Waals surface area contributed by atoms with E-state index in [1.54, 1.807) is 7.05 Å². The van der Waals surface area contributed by atoms with E-state index in [1.165, 1.54) is 17.3 Å². The van der Waals surface area contributed by atoms with Gasteiger partial charge in [0.1, 0.15) is 4.90 Å². The van der Waals surface area contributed by atoms with Gasteiger partial charge in [-0.05, 0) is 6.42 Å². The average Bonchev–Trinajstić information content (AvgIpc) is 2.43. The number of carbonyl (C=O) groups is 1. The Kier molecular flexibility index (Phi) is 4.16. The number of sulfonamides is 1. The van der Waals surface area contributed by atoms with Gasteiger partial charge in [0, 0.05) is 26.1 Å². The third-order valence-corrected chi connectivity index (χ3v) is 4.49. The summed E-state index contributed by atoms with van der Waals surface area (Å²) in [5.41, 5.74) is 2.22. The van der Waals surface area contributed by atoms with Gasteiger partial charge in [0.15, 0.2) is 0 Å². The van der Waals surface area contributed by atoms with Crippen LogP contribution in [0.15, 0.2) is 17.3 Å². The Morgan fingerprint density at radius 3 is 2.60 bits per heavy atom. The lowest BCUT2D eigenvalue weighted by molar-refractivity contribution is -0.132. The molecule has 10 heteroatoms. The molecule has 0 aromatic carbocycles. The zero-order chi connectivity index (χ0) is 14.8. The second-order valence-electron chi connectivity index (χ2n) is 4.52. The normalized spacial score (nSPS) is 20.0. The summed E-state index contributed by atoms with van der Waals surface area (Å²) in [5.74, 6) is 5.26. The molecule has 20 heavy (non-hydrogen) atoms. The number of hydrogen-bond donors (Lipinski definition) is 3. The predicted octanol–water partition coefficient (Wildman–Crippen LogP) is -1.34. The van der Waals surface area contributed by atoms with Crippen LogP contribution in [0.2, 0.25) is 0 Å². The maximum Gasteiger partial charge on any atom is 0.243 e. The Hall–Kier alpha value is -1.78. The Morgan fingerprint density at radius 1 is 1.40 bits per heavy atom. The first kappa shape index (κ1) is 14.6. The minimum Gasteiger partial charge on any atom is -0.344 e. The number of rotatable bonds is 4. The maximum absolute atomic E-state index is 12.1. The molecule has 1 amide bonds. The number of nitrogens with two attached hydrogens (primary N) is 1.